The van der Waals surface area contributed by atoms with Crippen LogP contribution in [-0.2, 0) is 0 Å². The van der Waals surface area contributed by atoms with Crippen molar-refractivity contribution in [2.75, 3.05) is 0 Å². The van der Waals surface area contributed by atoms with Gasteiger partial charge in [-0.05, 0) is 15.7 Å². The average Bonchev–Trinajstić information content (AvgIpc) is 1.61. The van der Waals surface area contributed by atoms with E-state index in [1.54, 1.807) is 0 Å². The summed E-state index contributed by atoms with van der Waals surface area (Å²) in [7, 11) is 0. The zero-order valence-electron chi connectivity index (χ0n) is 3.00. The zero-order valence-corrected chi connectivity index (χ0v) is 3.00. The van der Waals surface area contributed by atoms with Crippen molar-refractivity contribution < 1.29 is 0 Å². The lowest BCUT2D eigenvalue weighted by Gasteiger charge is -1.58. The first-order valence-electron chi connectivity index (χ1n) is 1.14. The quantitative estimate of drug-likeness (QED) is 0.327. The molecule has 48 valence electrons. The largest absolute Gasteiger partial charge is 0.183 e. The van der Waals surface area contributed by atoms with E-state index in [-0.39, 0.29) is 14.9 Å². The van der Waals surface area contributed by atoms with Crippen molar-refractivity contribution in [1.29, 1.82) is 5.53 Å². The summed E-state index contributed by atoms with van der Waals surface area (Å²) in [6.45, 7) is 2.94. The maximum absolute atomic E-state index is 5.98. The van der Waals surface area contributed by atoms with Gasteiger partial charge in [-0.3, -0.25) is 0 Å². The molecular weight excluding hydrogens is 106 g/mol. The summed E-state index contributed by atoms with van der Waals surface area (Å²) in [6, 6.07) is 0. The Bertz CT molecular complexity index is 65.7. The van der Waals surface area contributed by atoms with Crippen LogP contribution in [0.2, 0.25) is 0 Å². The monoisotopic (exact) mass is 117 g/mol. The Balaban J connectivity index is -0.000000125. The van der Waals surface area contributed by atoms with Gasteiger partial charge >= 0.3 is 0 Å². The summed E-state index contributed by atoms with van der Waals surface area (Å²) >= 11 is 0. The van der Waals surface area contributed by atoms with Gasteiger partial charge in [-0.15, -0.1) is 5.10 Å². The van der Waals surface area contributed by atoms with Crippen LogP contribution in [0, 0.1) is 5.53 Å². The highest BCUT2D eigenvalue weighted by Gasteiger charge is 1.49. The maximum Gasteiger partial charge on any atom is 0.0151 e. The van der Waals surface area contributed by atoms with Crippen molar-refractivity contribution in [2.24, 2.45) is 20.8 Å². The lowest BCUT2D eigenvalue weighted by atomic mass is 11.7. The molecule has 0 aliphatic heterocycles. The molecule has 0 saturated carbocycles. The molecule has 0 aliphatic rings. The minimum Gasteiger partial charge on any atom is -0.183 e. The number of rotatable bonds is 2. The van der Waals surface area contributed by atoms with E-state index in [1.165, 1.54) is 0 Å². The zero-order chi connectivity index (χ0) is 4.83. The molecule has 0 atom stereocenters. The fraction of sp³-hybridized carbons (Fsp3) is 0.667. The van der Waals surface area contributed by atoms with Crippen LogP contribution >= 0.6 is 0 Å². The Morgan fingerprint density at radius 2 is 1.62 bits per heavy atom. The molecule has 8 heavy (non-hydrogen) atoms. The molecule has 0 aromatic carbocycles. The van der Waals surface area contributed by atoms with Gasteiger partial charge in [0.2, 0.25) is 0 Å². The van der Waals surface area contributed by atoms with E-state index in [0.29, 0.717) is 0 Å². The van der Waals surface area contributed by atoms with Crippen LogP contribution in [0.25, 0.3) is 0 Å². The summed E-state index contributed by atoms with van der Waals surface area (Å²) < 4.78 is 0. The Labute approximate surface area is 49.0 Å². The molecular formula is C3H11N5. The van der Waals surface area contributed by atoms with Gasteiger partial charge in [0.1, 0.15) is 0 Å². The molecule has 0 aliphatic carbocycles. The summed E-state index contributed by atoms with van der Waals surface area (Å²) in [5, 5.41) is 11.1. The standard InChI is InChI=1S/CH3N5.2CH4/c1-3-5-6-4-2;;/h2H,1H2;2*1H4/b4-2?,6-5+;;. The van der Waals surface area contributed by atoms with Crippen molar-refractivity contribution in [1.82, 2.24) is 0 Å². The third kappa shape index (κ3) is 20.9. The highest BCUT2D eigenvalue weighted by Crippen LogP contribution is 1.70. The SMILES string of the molecule is C.C.C=N/N=N/N=N. The van der Waals surface area contributed by atoms with Gasteiger partial charge in [0, 0.05) is 6.72 Å². The second kappa shape index (κ2) is 16.9. The molecule has 0 fully saturated rings. The molecule has 0 heterocycles. The van der Waals surface area contributed by atoms with Crippen molar-refractivity contribution in [2.45, 2.75) is 14.9 Å². The number of hydrogen-bond acceptors (Lipinski definition) is 2. The molecule has 0 aromatic heterocycles. The van der Waals surface area contributed by atoms with Gasteiger partial charge in [-0.25, -0.2) is 0 Å². The Morgan fingerprint density at radius 1 is 1.12 bits per heavy atom. The lowest BCUT2D eigenvalue weighted by molar-refractivity contribution is 0.863. The first-order chi connectivity index (χ1) is 2.91. The summed E-state index contributed by atoms with van der Waals surface area (Å²) in [4.78, 5) is 0. The predicted octanol–water partition coefficient (Wildman–Crippen LogP) is 2.27. The topological polar surface area (TPSA) is 73.3 Å². The second-order valence-electron chi connectivity index (χ2n) is 0.420. The second-order valence-corrected chi connectivity index (χ2v) is 0.420. The first kappa shape index (κ1) is 15.8. The molecule has 5 heteroatoms. The van der Waals surface area contributed by atoms with Crippen LogP contribution in [-0.4, -0.2) is 6.72 Å². The van der Waals surface area contributed by atoms with E-state index in [9.17, 15) is 0 Å². The summed E-state index contributed by atoms with van der Waals surface area (Å²) in [5.41, 5.74) is 5.98. The van der Waals surface area contributed by atoms with E-state index in [4.69, 9.17) is 5.53 Å². The van der Waals surface area contributed by atoms with E-state index < -0.39 is 0 Å². The number of nitrogens with one attached hydrogen (secondary N) is 1. The van der Waals surface area contributed by atoms with Gasteiger partial charge in [-0.2, -0.15) is 5.53 Å². The molecule has 1 N–H and O–H groups in total. The van der Waals surface area contributed by atoms with Crippen LogP contribution in [0.15, 0.2) is 20.8 Å². The average molecular weight is 117 g/mol. The first-order valence-corrected chi connectivity index (χ1v) is 1.14. The van der Waals surface area contributed by atoms with Crippen molar-refractivity contribution >= 4 is 6.72 Å². The van der Waals surface area contributed by atoms with Crippen LogP contribution in [0.3, 0.4) is 0 Å². The van der Waals surface area contributed by atoms with E-state index in [0.717, 1.165) is 0 Å². The fourth-order valence-corrected chi connectivity index (χ4v) is 0.0483. The van der Waals surface area contributed by atoms with Crippen LogP contribution < -0.4 is 0 Å². The van der Waals surface area contributed by atoms with E-state index in [2.05, 4.69) is 27.5 Å². The van der Waals surface area contributed by atoms with Crippen LogP contribution in [0.1, 0.15) is 14.9 Å². The number of nitrogens with zero attached hydrogens (tertiary/aromatic N) is 4. The Kier molecular flexibility index (Phi) is 33.4. The molecule has 5 nitrogen and oxygen atoms in total. The molecule has 0 amide bonds. The third-order valence-corrected chi connectivity index (χ3v) is 0.148. The molecule has 0 radical (unpaired) electrons. The van der Waals surface area contributed by atoms with Crippen molar-refractivity contribution in [3.05, 3.63) is 0 Å². The van der Waals surface area contributed by atoms with Gasteiger partial charge in [0.25, 0.3) is 0 Å². The molecule has 0 spiro atoms. The van der Waals surface area contributed by atoms with Gasteiger partial charge in [0.15, 0.2) is 0 Å². The summed E-state index contributed by atoms with van der Waals surface area (Å²) in [5.74, 6) is 0. The van der Waals surface area contributed by atoms with Crippen LogP contribution in [0.4, 0.5) is 0 Å². The summed E-state index contributed by atoms with van der Waals surface area (Å²) in [6.07, 6.45) is 0. The lowest BCUT2D eigenvalue weighted by Crippen LogP contribution is -1.38. The van der Waals surface area contributed by atoms with Gasteiger partial charge in [0.05, 0.1) is 0 Å². The predicted molar refractivity (Wildman–Crippen MR) is 33.0 cm³/mol. The van der Waals surface area contributed by atoms with E-state index >= 15 is 0 Å². The maximum atomic E-state index is 5.98. The highest BCUT2D eigenvalue weighted by atomic mass is 15.5. The normalized spacial score (nSPS) is 6.50. The highest BCUT2D eigenvalue weighted by molar-refractivity contribution is 5.22. The van der Waals surface area contributed by atoms with E-state index in [1.807, 2.05) is 0 Å². The van der Waals surface area contributed by atoms with Crippen molar-refractivity contribution in [3.63, 3.8) is 0 Å². The van der Waals surface area contributed by atoms with Gasteiger partial charge in [-0.1, -0.05) is 14.9 Å². The Morgan fingerprint density at radius 3 is 1.75 bits per heavy atom. The molecule has 0 saturated heterocycles. The smallest absolute Gasteiger partial charge is 0.0151 e. The third-order valence-electron chi connectivity index (χ3n) is 0.148. The molecule has 0 aromatic rings. The minimum absolute atomic E-state index is 0. The molecule has 0 bridgehead atoms. The minimum atomic E-state index is 0. The molecule has 0 unspecified atom stereocenters. The van der Waals surface area contributed by atoms with Crippen molar-refractivity contribution in [3.8, 4) is 0 Å². The number of hydrogen-bond donors (Lipinski definition) is 1. The Hall–Kier alpha value is -1.13. The van der Waals surface area contributed by atoms with Crippen LogP contribution in [0.5, 0.6) is 0 Å². The fourth-order valence-electron chi connectivity index (χ4n) is 0.0483. The van der Waals surface area contributed by atoms with Gasteiger partial charge < -0.3 is 0 Å². The molecule has 0 rings (SSSR count).